The first kappa shape index (κ1) is 23.3. The first-order valence-electron chi connectivity index (χ1n) is 10.5. The zero-order valence-electron chi connectivity index (χ0n) is 18.3. The van der Waals surface area contributed by atoms with Gasteiger partial charge in [-0.25, -0.2) is 4.79 Å². The number of nitrogens with one attached hydrogen (secondary N) is 2. The maximum Gasteiger partial charge on any atom is 0.322 e. The van der Waals surface area contributed by atoms with E-state index >= 15 is 0 Å². The number of aromatic nitrogens is 1. The molecule has 1 aliphatic heterocycles. The fourth-order valence-corrected chi connectivity index (χ4v) is 3.93. The Labute approximate surface area is 200 Å². The second-order valence-electron chi connectivity index (χ2n) is 7.79. The van der Waals surface area contributed by atoms with Crippen molar-refractivity contribution in [3.63, 3.8) is 0 Å². The summed E-state index contributed by atoms with van der Waals surface area (Å²) in [5, 5.41) is 16.2. The predicted octanol–water partition coefficient (Wildman–Crippen LogP) is 3.11. The molecule has 0 bridgehead atoms. The van der Waals surface area contributed by atoms with Gasteiger partial charge in [-0.15, -0.1) is 0 Å². The number of methoxy groups -OCH3 is 1. The number of nitrogens with zero attached hydrogens (tertiary/aromatic N) is 2. The van der Waals surface area contributed by atoms with Crippen molar-refractivity contribution in [3.8, 4) is 11.4 Å². The van der Waals surface area contributed by atoms with E-state index in [1.165, 1.54) is 16.6 Å². The number of rotatable bonds is 5. The second kappa shape index (κ2) is 9.98. The summed E-state index contributed by atoms with van der Waals surface area (Å²) in [6.07, 6.45) is 0.880. The summed E-state index contributed by atoms with van der Waals surface area (Å²) in [5.74, 6) is -0.253. The summed E-state index contributed by atoms with van der Waals surface area (Å²) >= 11 is 5.88. The number of likely N-dealkylation sites (tertiary alicyclic amines) is 1. The molecular weight excluding hydrogens is 460 g/mol. The molecule has 0 unspecified atom stereocenters. The van der Waals surface area contributed by atoms with Crippen molar-refractivity contribution in [2.45, 2.75) is 18.6 Å². The summed E-state index contributed by atoms with van der Waals surface area (Å²) in [5.41, 5.74) is 1.16. The third kappa shape index (κ3) is 5.05. The number of carbonyl (C=O) groups is 2. The predicted molar refractivity (Wildman–Crippen MR) is 129 cm³/mol. The maximum absolute atomic E-state index is 13.0. The van der Waals surface area contributed by atoms with Crippen LogP contribution in [0.1, 0.15) is 6.42 Å². The topological polar surface area (TPSA) is 113 Å². The normalized spacial score (nSPS) is 17.3. The number of hydrogen-bond acceptors (Lipinski definition) is 5. The van der Waals surface area contributed by atoms with Gasteiger partial charge < -0.3 is 25.4 Å². The van der Waals surface area contributed by atoms with Crippen molar-refractivity contribution in [2.75, 3.05) is 24.3 Å². The van der Waals surface area contributed by atoms with Crippen LogP contribution >= 0.6 is 11.6 Å². The van der Waals surface area contributed by atoms with Gasteiger partial charge in [0.1, 0.15) is 6.04 Å². The molecule has 1 aliphatic rings. The molecule has 9 nitrogen and oxygen atoms in total. The number of benzene rings is 2. The first-order chi connectivity index (χ1) is 16.4. The number of ether oxygens (including phenoxy) is 1. The minimum atomic E-state index is -0.870. The number of carbonyl (C=O) groups excluding carboxylic acids is 2. The molecule has 0 saturated carbocycles. The van der Waals surface area contributed by atoms with Gasteiger partial charge in [0.15, 0.2) is 5.75 Å². The van der Waals surface area contributed by atoms with Crippen molar-refractivity contribution in [1.82, 2.24) is 9.47 Å². The van der Waals surface area contributed by atoms with E-state index in [0.717, 1.165) is 0 Å². The molecule has 3 aromatic rings. The lowest BCUT2D eigenvalue weighted by atomic mass is 10.1. The van der Waals surface area contributed by atoms with E-state index in [9.17, 15) is 19.5 Å². The third-order valence-electron chi connectivity index (χ3n) is 5.46. The maximum atomic E-state index is 13.0. The molecule has 0 radical (unpaired) electrons. The summed E-state index contributed by atoms with van der Waals surface area (Å²) < 4.78 is 6.49. The Morgan fingerprint density at radius 3 is 2.56 bits per heavy atom. The minimum Gasteiger partial charge on any atom is -0.491 e. The number of amides is 3. The molecule has 0 aliphatic carbocycles. The zero-order valence-corrected chi connectivity index (χ0v) is 19.0. The number of urea groups is 1. The van der Waals surface area contributed by atoms with Gasteiger partial charge in [0, 0.05) is 35.6 Å². The van der Waals surface area contributed by atoms with E-state index in [0.29, 0.717) is 22.1 Å². The van der Waals surface area contributed by atoms with E-state index in [4.69, 9.17) is 16.3 Å². The quantitative estimate of drug-likeness (QED) is 0.517. The Hall–Kier alpha value is -3.82. The Bertz CT molecular complexity index is 1260. The van der Waals surface area contributed by atoms with Crippen LogP contribution in [0.2, 0.25) is 5.02 Å². The number of anilines is 2. The molecule has 0 spiro atoms. The van der Waals surface area contributed by atoms with Gasteiger partial charge in [-0.2, -0.15) is 0 Å². The second-order valence-corrected chi connectivity index (χ2v) is 8.22. The molecule has 3 N–H and O–H groups in total. The Morgan fingerprint density at radius 2 is 1.82 bits per heavy atom. The van der Waals surface area contributed by atoms with Crippen molar-refractivity contribution in [3.05, 3.63) is 82.2 Å². The average molecular weight is 483 g/mol. The molecule has 34 heavy (non-hydrogen) atoms. The van der Waals surface area contributed by atoms with Gasteiger partial charge in [0.25, 0.3) is 5.56 Å². The van der Waals surface area contributed by atoms with E-state index in [2.05, 4.69) is 10.6 Å². The highest BCUT2D eigenvalue weighted by Crippen LogP contribution is 2.23. The van der Waals surface area contributed by atoms with Gasteiger partial charge in [0.05, 0.1) is 18.9 Å². The molecular formula is C24H23ClN4O5. The van der Waals surface area contributed by atoms with Crippen LogP contribution in [0.3, 0.4) is 0 Å². The standard InChI is InChI=1S/C24H23ClN4O5/c1-34-21-6-3-11-28(23(21)32)18-5-2-4-17(12-18)26-22(31)20-13-19(30)14-29(20)24(33)27-16-9-7-15(25)8-10-16/h2-12,19-20,30H,13-14H2,1H3,(H,26,31)(H,27,33)/t19-,20-/m1/s1. The molecule has 176 valence electrons. The van der Waals surface area contributed by atoms with Crippen LogP contribution in [0.5, 0.6) is 5.75 Å². The first-order valence-corrected chi connectivity index (χ1v) is 10.9. The van der Waals surface area contributed by atoms with Crippen molar-refractivity contribution in [1.29, 1.82) is 0 Å². The Balaban J connectivity index is 1.50. The molecule has 2 aromatic carbocycles. The summed E-state index contributed by atoms with van der Waals surface area (Å²) in [4.78, 5) is 39.7. The van der Waals surface area contributed by atoms with Gasteiger partial charge in [-0.3, -0.25) is 14.2 Å². The van der Waals surface area contributed by atoms with Gasteiger partial charge >= 0.3 is 6.03 Å². The van der Waals surface area contributed by atoms with Crippen molar-refractivity contribution < 1.29 is 19.4 Å². The molecule has 3 amide bonds. The average Bonchev–Trinajstić information content (AvgIpc) is 3.23. The lowest BCUT2D eigenvalue weighted by molar-refractivity contribution is -0.119. The fourth-order valence-electron chi connectivity index (χ4n) is 3.81. The van der Waals surface area contributed by atoms with Crippen LogP contribution in [-0.4, -0.2) is 52.3 Å². The number of halogens is 1. The summed E-state index contributed by atoms with van der Waals surface area (Å²) in [6.45, 7) is 0.0246. The van der Waals surface area contributed by atoms with Crippen LogP contribution in [0.25, 0.3) is 5.69 Å². The molecule has 2 heterocycles. The van der Waals surface area contributed by atoms with E-state index in [1.807, 2.05) is 0 Å². The lowest BCUT2D eigenvalue weighted by Gasteiger charge is -2.24. The Morgan fingerprint density at radius 1 is 1.06 bits per heavy atom. The minimum absolute atomic E-state index is 0.0246. The number of β-amino-alcohol motifs (C(OH)–C–C–N with tert-alkyl or cyclic N) is 1. The van der Waals surface area contributed by atoms with E-state index in [-0.39, 0.29) is 24.3 Å². The smallest absolute Gasteiger partial charge is 0.322 e. The highest BCUT2D eigenvalue weighted by molar-refractivity contribution is 6.30. The fraction of sp³-hybridized carbons (Fsp3) is 0.208. The van der Waals surface area contributed by atoms with Crippen molar-refractivity contribution >= 4 is 34.9 Å². The Kier molecular flexibility index (Phi) is 6.85. The van der Waals surface area contributed by atoms with E-state index < -0.39 is 24.1 Å². The third-order valence-corrected chi connectivity index (χ3v) is 5.71. The van der Waals surface area contributed by atoms with Crippen LogP contribution in [0, 0.1) is 0 Å². The number of aliphatic hydroxyl groups is 1. The molecule has 1 aromatic heterocycles. The number of pyridine rings is 1. The molecule has 1 fully saturated rings. The summed E-state index contributed by atoms with van der Waals surface area (Å²) in [6, 6.07) is 15.2. The van der Waals surface area contributed by atoms with E-state index in [1.54, 1.807) is 66.9 Å². The largest absolute Gasteiger partial charge is 0.491 e. The van der Waals surface area contributed by atoms with Gasteiger partial charge in [-0.1, -0.05) is 17.7 Å². The molecule has 4 rings (SSSR count). The number of aliphatic hydroxyl groups excluding tert-OH is 1. The van der Waals surface area contributed by atoms with Gasteiger partial charge in [-0.05, 0) is 54.6 Å². The van der Waals surface area contributed by atoms with Crippen LogP contribution in [0.15, 0.2) is 71.7 Å². The van der Waals surface area contributed by atoms with Gasteiger partial charge in [0.2, 0.25) is 5.91 Å². The monoisotopic (exact) mass is 482 g/mol. The molecule has 2 atom stereocenters. The van der Waals surface area contributed by atoms with Crippen molar-refractivity contribution in [2.24, 2.45) is 0 Å². The number of hydrogen-bond donors (Lipinski definition) is 3. The highest BCUT2D eigenvalue weighted by atomic mass is 35.5. The highest BCUT2D eigenvalue weighted by Gasteiger charge is 2.39. The van der Waals surface area contributed by atoms with Crippen LogP contribution in [-0.2, 0) is 4.79 Å². The molecule has 10 heteroatoms. The zero-order chi connectivity index (χ0) is 24.2. The van der Waals surface area contributed by atoms with Crippen LogP contribution < -0.4 is 20.9 Å². The summed E-state index contributed by atoms with van der Waals surface area (Å²) in [7, 11) is 1.42. The van der Waals surface area contributed by atoms with Crippen LogP contribution in [0.4, 0.5) is 16.2 Å². The SMILES string of the molecule is COc1cccn(-c2cccc(NC(=O)[C@H]3C[C@@H](O)CN3C(=O)Nc3ccc(Cl)cc3)c2)c1=O. The lowest BCUT2D eigenvalue weighted by Crippen LogP contribution is -2.45. The molecule has 1 saturated heterocycles.